The van der Waals surface area contributed by atoms with E-state index in [0.29, 0.717) is 38.3 Å². The summed E-state index contributed by atoms with van der Waals surface area (Å²) in [5.74, 6) is 1.49. The number of piperazine rings is 2. The number of urea groups is 1. The van der Waals surface area contributed by atoms with Crippen molar-refractivity contribution < 1.29 is 14.3 Å². The third-order valence-electron chi connectivity index (χ3n) is 10.3. The molecule has 0 bridgehead atoms. The Bertz CT molecular complexity index is 1150. The van der Waals surface area contributed by atoms with Crippen LogP contribution in [0.1, 0.15) is 32.1 Å². The molecule has 45 heavy (non-hydrogen) atoms. The molecule has 4 heterocycles. The molecular weight excluding hydrogens is 572 g/mol. The number of amides is 2. The molecule has 4 aliphatic heterocycles. The lowest BCUT2D eigenvalue weighted by Crippen LogP contribution is -2.58. The zero-order chi connectivity index (χ0) is 31.2. The molecule has 6 rings (SSSR count). The Morgan fingerprint density at radius 3 is 2.53 bits per heavy atom. The highest BCUT2D eigenvalue weighted by Gasteiger charge is 2.33. The van der Waals surface area contributed by atoms with Gasteiger partial charge >= 0.3 is 6.03 Å². The van der Waals surface area contributed by atoms with Crippen molar-refractivity contribution in [2.24, 2.45) is 16.8 Å². The Hall–Kier alpha value is -2.89. The van der Waals surface area contributed by atoms with Crippen LogP contribution in [-0.2, 0) is 9.47 Å². The summed E-state index contributed by atoms with van der Waals surface area (Å²) in [7, 11) is 3.90. The third-order valence-corrected chi connectivity index (χ3v) is 10.3. The van der Waals surface area contributed by atoms with Crippen molar-refractivity contribution in [1.82, 2.24) is 40.4 Å². The average molecular weight is 625 g/mol. The van der Waals surface area contributed by atoms with Crippen molar-refractivity contribution in [1.29, 1.82) is 5.26 Å². The van der Waals surface area contributed by atoms with Crippen molar-refractivity contribution in [2.45, 2.75) is 50.5 Å². The summed E-state index contributed by atoms with van der Waals surface area (Å²) in [6, 6.07) is 3.75. The molecule has 0 saturated carbocycles. The highest BCUT2D eigenvalue weighted by atomic mass is 16.5. The van der Waals surface area contributed by atoms with Gasteiger partial charge in [-0.3, -0.25) is 15.1 Å². The zero-order valence-corrected chi connectivity index (χ0v) is 27.1. The summed E-state index contributed by atoms with van der Waals surface area (Å²) in [4.78, 5) is 28.9. The molecule has 3 fully saturated rings. The molecule has 3 saturated heterocycles. The van der Waals surface area contributed by atoms with Crippen LogP contribution >= 0.6 is 0 Å². The topological polar surface area (TPSA) is 124 Å². The Labute approximate surface area is 268 Å². The molecule has 4 atom stereocenters. The number of hydrogen-bond donors (Lipinski definition) is 3. The van der Waals surface area contributed by atoms with Gasteiger partial charge < -0.3 is 34.8 Å². The second-order valence-corrected chi connectivity index (χ2v) is 13.3. The molecular formula is C32H52N10O3. The van der Waals surface area contributed by atoms with E-state index in [0.717, 1.165) is 96.4 Å². The standard InChI is InChI=1S/C32H52N10O3/c1-38-9-11-42(12-10-38)32(43)39(2)17-18-45-29-8-3-24(19-25(29)20-33)30-34-23-35-31(37-30)36-26-4-6-27(7-5-26)40-13-15-41(16-14-40)28-21-44-22-28/h4,8,24-25,27-28,31,35-36H,3,5-7,9-19,21-23H2,1-2H3,(H,34,37)/t24-,25+,27+,31?/m1/s1. The number of rotatable bonds is 9. The SMILES string of the molecule is CN1CCN(C(=O)N(C)CCOC2=CC[C@@H](C3=NC(NC4=CC[C@H](N5CCN(C6COC6)CC5)CC4)NCN3)C[C@H]2C#N)CC1. The smallest absolute Gasteiger partial charge is 0.319 e. The van der Waals surface area contributed by atoms with Gasteiger partial charge in [-0.25, -0.2) is 9.79 Å². The molecule has 0 aromatic heterocycles. The van der Waals surface area contributed by atoms with Crippen LogP contribution < -0.4 is 16.0 Å². The van der Waals surface area contributed by atoms with Crippen LogP contribution in [0.3, 0.4) is 0 Å². The van der Waals surface area contributed by atoms with Crippen molar-refractivity contribution in [3.05, 3.63) is 23.6 Å². The molecule has 248 valence electrons. The lowest BCUT2D eigenvalue weighted by molar-refractivity contribution is -0.0799. The summed E-state index contributed by atoms with van der Waals surface area (Å²) >= 11 is 0. The first kappa shape index (κ1) is 32.1. The maximum Gasteiger partial charge on any atom is 0.319 e. The molecule has 13 heteroatoms. The van der Waals surface area contributed by atoms with Crippen molar-refractivity contribution in [2.75, 3.05) is 99.5 Å². The third kappa shape index (κ3) is 8.10. The number of nitrogens with one attached hydrogen (secondary N) is 3. The minimum atomic E-state index is -0.324. The fourth-order valence-corrected chi connectivity index (χ4v) is 7.19. The molecule has 0 aromatic carbocycles. The number of nitrogens with zero attached hydrogens (tertiary/aromatic N) is 7. The number of ether oxygens (including phenoxy) is 2. The van der Waals surface area contributed by atoms with Crippen molar-refractivity contribution >= 4 is 11.9 Å². The largest absolute Gasteiger partial charge is 0.495 e. The number of carbonyl (C=O) groups is 1. The van der Waals surface area contributed by atoms with Crippen LogP contribution in [0.4, 0.5) is 4.79 Å². The number of nitriles is 1. The van der Waals surface area contributed by atoms with Crippen LogP contribution in [-0.4, -0.2) is 154 Å². The van der Waals surface area contributed by atoms with E-state index < -0.39 is 0 Å². The Balaban J connectivity index is 0.943. The first-order valence-electron chi connectivity index (χ1n) is 16.9. The summed E-state index contributed by atoms with van der Waals surface area (Å²) in [6.45, 7) is 11.2. The van der Waals surface area contributed by atoms with Crippen LogP contribution in [0, 0.1) is 23.2 Å². The zero-order valence-electron chi connectivity index (χ0n) is 27.1. The number of carbonyl (C=O) groups excluding carboxylic acids is 1. The molecule has 3 N–H and O–H groups in total. The highest BCUT2D eigenvalue weighted by molar-refractivity contribution is 5.85. The van der Waals surface area contributed by atoms with Gasteiger partial charge in [0.2, 0.25) is 0 Å². The van der Waals surface area contributed by atoms with E-state index in [2.05, 4.69) is 49.8 Å². The van der Waals surface area contributed by atoms with Crippen LogP contribution in [0.15, 0.2) is 28.6 Å². The Morgan fingerprint density at radius 1 is 1.11 bits per heavy atom. The van der Waals surface area contributed by atoms with Gasteiger partial charge in [0, 0.05) is 77.1 Å². The van der Waals surface area contributed by atoms with Crippen LogP contribution in [0.25, 0.3) is 0 Å². The van der Waals surface area contributed by atoms with Crippen LogP contribution in [0.5, 0.6) is 0 Å². The van der Waals surface area contributed by atoms with Gasteiger partial charge in [0.15, 0.2) is 6.29 Å². The lowest BCUT2D eigenvalue weighted by Gasteiger charge is -2.45. The van der Waals surface area contributed by atoms with E-state index >= 15 is 0 Å². The van der Waals surface area contributed by atoms with E-state index in [1.54, 1.807) is 4.90 Å². The molecule has 0 aromatic rings. The summed E-state index contributed by atoms with van der Waals surface area (Å²) in [5.41, 5.74) is 1.27. The summed E-state index contributed by atoms with van der Waals surface area (Å²) < 4.78 is 11.4. The highest BCUT2D eigenvalue weighted by Crippen LogP contribution is 2.31. The quantitative estimate of drug-likeness (QED) is 0.336. The van der Waals surface area contributed by atoms with Gasteiger partial charge in [-0.2, -0.15) is 5.26 Å². The first-order valence-corrected chi connectivity index (χ1v) is 16.9. The van der Waals surface area contributed by atoms with Crippen molar-refractivity contribution in [3.8, 4) is 6.07 Å². The number of likely N-dealkylation sites (N-methyl/N-ethyl adjacent to an activating group) is 2. The molecule has 13 nitrogen and oxygen atoms in total. The normalized spacial score (nSPS) is 30.6. The minimum Gasteiger partial charge on any atom is -0.495 e. The number of hydrogen-bond acceptors (Lipinski definition) is 11. The Kier molecular flexibility index (Phi) is 10.8. The Morgan fingerprint density at radius 2 is 1.87 bits per heavy atom. The maximum atomic E-state index is 12.8. The number of allylic oxidation sites excluding steroid dienone is 3. The van der Waals surface area contributed by atoms with E-state index in [9.17, 15) is 10.1 Å². The molecule has 1 unspecified atom stereocenters. The summed E-state index contributed by atoms with van der Waals surface area (Å²) in [5, 5.41) is 20.4. The maximum absolute atomic E-state index is 12.8. The van der Waals surface area contributed by atoms with Gasteiger partial charge in [0.05, 0.1) is 38.5 Å². The average Bonchev–Trinajstić information content (AvgIpc) is 3.05. The second-order valence-electron chi connectivity index (χ2n) is 13.3. The number of aliphatic imine (C=N–C) groups is 1. The van der Waals surface area contributed by atoms with E-state index in [1.807, 2.05) is 18.0 Å². The monoisotopic (exact) mass is 624 g/mol. The summed E-state index contributed by atoms with van der Waals surface area (Å²) in [6.07, 6.45) is 8.97. The van der Waals surface area contributed by atoms with Crippen molar-refractivity contribution in [3.63, 3.8) is 0 Å². The predicted molar refractivity (Wildman–Crippen MR) is 172 cm³/mol. The van der Waals surface area contributed by atoms with E-state index in [1.165, 1.54) is 12.1 Å². The van der Waals surface area contributed by atoms with Gasteiger partial charge in [0.25, 0.3) is 0 Å². The molecule has 6 aliphatic rings. The van der Waals surface area contributed by atoms with Gasteiger partial charge in [-0.05, 0) is 45.2 Å². The predicted octanol–water partition coefficient (Wildman–Crippen LogP) is 0.611. The fourth-order valence-electron chi connectivity index (χ4n) is 7.19. The molecule has 2 amide bonds. The fraction of sp³-hybridized carbons (Fsp3) is 0.781. The molecule has 0 radical (unpaired) electrons. The number of amidine groups is 1. The minimum absolute atomic E-state index is 0.0388. The van der Waals surface area contributed by atoms with Gasteiger partial charge in [0.1, 0.15) is 24.1 Å². The molecule has 0 spiro atoms. The van der Waals surface area contributed by atoms with E-state index in [4.69, 9.17) is 14.5 Å². The van der Waals surface area contributed by atoms with Gasteiger partial charge in [-0.1, -0.05) is 6.08 Å². The first-order chi connectivity index (χ1) is 22.0. The molecule has 2 aliphatic carbocycles. The van der Waals surface area contributed by atoms with E-state index in [-0.39, 0.29) is 24.2 Å². The van der Waals surface area contributed by atoms with Crippen LogP contribution in [0.2, 0.25) is 0 Å². The second kappa shape index (κ2) is 15.1. The lowest BCUT2D eigenvalue weighted by atomic mass is 9.85. The van der Waals surface area contributed by atoms with Gasteiger partial charge in [-0.15, -0.1) is 0 Å².